The van der Waals surface area contributed by atoms with Gasteiger partial charge in [-0.1, -0.05) is 20.8 Å². The highest BCUT2D eigenvalue weighted by Gasteiger charge is 2.28. The molecule has 1 saturated carbocycles. The first-order chi connectivity index (χ1) is 6.80. The van der Waals surface area contributed by atoms with E-state index in [9.17, 15) is 9.59 Å². The zero-order valence-electron chi connectivity index (χ0n) is 9.89. The normalized spacial score (nSPS) is 18.1. The molecule has 1 aliphatic rings. The number of carbonyl (C=O) groups excluding carboxylic acids is 2. The summed E-state index contributed by atoms with van der Waals surface area (Å²) in [5.41, 5.74) is -0.450. The average Bonchev–Trinajstić information content (AvgIpc) is 2.86. The second kappa shape index (κ2) is 4.21. The lowest BCUT2D eigenvalue weighted by atomic mass is 9.95. The molecule has 1 aliphatic carbocycles. The maximum absolute atomic E-state index is 11.6. The Labute approximate surface area is 90.8 Å². The Hall–Kier alpha value is -1.06. The van der Waals surface area contributed by atoms with Crippen LogP contribution >= 0.6 is 0 Å². The summed E-state index contributed by atoms with van der Waals surface area (Å²) in [6, 6.07) is -0.108. The summed E-state index contributed by atoms with van der Waals surface area (Å²) in [5.74, 6) is -0.184. The molecule has 1 atom stereocenters. The van der Waals surface area contributed by atoms with Gasteiger partial charge < -0.3 is 10.6 Å². The smallest absolute Gasteiger partial charge is 0.242 e. The van der Waals surface area contributed by atoms with Gasteiger partial charge in [0, 0.05) is 11.5 Å². The molecule has 86 valence electrons. The molecule has 0 bridgehead atoms. The number of hydrogen-bond acceptors (Lipinski definition) is 2. The van der Waals surface area contributed by atoms with Crippen LogP contribution in [0.15, 0.2) is 0 Å². The van der Waals surface area contributed by atoms with Crippen LogP contribution in [0.2, 0.25) is 0 Å². The molecule has 2 amide bonds. The van der Waals surface area contributed by atoms with Crippen molar-refractivity contribution in [2.45, 2.75) is 52.6 Å². The minimum atomic E-state index is -0.450. The molecule has 0 aromatic heterocycles. The van der Waals surface area contributed by atoms with Crippen molar-refractivity contribution in [3.8, 4) is 0 Å². The van der Waals surface area contributed by atoms with Crippen LogP contribution in [0.4, 0.5) is 0 Å². The van der Waals surface area contributed by atoms with E-state index in [1.807, 2.05) is 20.8 Å². The molecule has 0 saturated heterocycles. The molecule has 0 aromatic rings. The molecule has 1 fully saturated rings. The fraction of sp³-hybridized carbons (Fsp3) is 0.818. The average molecular weight is 212 g/mol. The van der Waals surface area contributed by atoms with Gasteiger partial charge in [-0.05, 0) is 19.8 Å². The Morgan fingerprint density at radius 2 is 1.80 bits per heavy atom. The van der Waals surface area contributed by atoms with E-state index in [2.05, 4.69) is 10.6 Å². The standard InChI is InChI=1S/C11H20N2O2/c1-7(9(14)13-8-5-6-8)12-10(15)11(2,3)4/h7-8H,5-6H2,1-4H3,(H,12,15)(H,13,14)/t7-/m1/s1. The third kappa shape index (κ3) is 3.90. The summed E-state index contributed by atoms with van der Waals surface area (Å²) in [4.78, 5) is 23.1. The Morgan fingerprint density at radius 1 is 1.27 bits per heavy atom. The van der Waals surface area contributed by atoms with Gasteiger partial charge in [0.2, 0.25) is 11.8 Å². The lowest BCUT2D eigenvalue weighted by Crippen LogP contribution is -2.48. The fourth-order valence-electron chi connectivity index (χ4n) is 1.03. The van der Waals surface area contributed by atoms with Gasteiger partial charge in [0.1, 0.15) is 6.04 Å². The highest BCUT2D eigenvalue weighted by molar-refractivity contribution is 5.89. The monoisotopic (exact) mass is 212 g/mol. The molecule has 0 aliphatic heterocycles. The largest absolute Gasteiger partial charge is 0.352 e. The predicted molar refractivity (Wildman–Crippen MR) is 58.2 cm³/mol. The third-order valence-corrected chi connectivity index (χ3v) is 2.35. The Bertz CT molecular complexity index is 264. The van der Waals surface area contributed by atoms with Gasteiger partial charge >= 0.3 is 0 Å². The molecule has 1 rings (SSSR count). The van der Waals surface area contributed by atoms with Crippen LogP contribution in [-0.2, 0) is 9.59 Å². The van der Waals surface area contributed by atoms with Gasteiger partial charge in [-0.3, -0.25) is 9.59 Å². The molecule has 0 radical (unpaired) electrons. The summed E-state index contributed by atoms with van der Waals surface area (Å²) in [7, 11) is 0. The number of carbonyl (C=O) groups is 2. The van der Waals surface area contributed by atoms with Crippen molar-refractivity contribution in [2.75, 3.05) is 0 Å². The van der Waals surface area contributed by atoms with Crippen LogP contribution in [0.1, 0.15) is 40.5 Å². The first-order valence-electron chi connectivity index (χ1n) is 5.42. The van der Waals surface area contributed by atoms with E-state index >= 15 is 0 Å². The van der Waals surface area contributed by atoms with E-state index in [1.54, 1.807) is 6.92 Å². The van der Waals surface area contributed by atoms with Crippen LogP contribution in [0.3, 0.4) is 0 Å². The van der Waals surface area contributed by atoms with Gasteiger partial charge in [0.05, 0.1) is 0 Å². The van der Waals surface area contributed by atoms with Crippen molar-refractivity contribution in [1.82, 2.24) is 10.6 Å². The minimum Gasteiger partial charge on any atom is -0.352 e. The molecule has 0 spiro atoms. The number of hydrogen-bond donors (Lipinski definition) is 2. The molecule has 4 nitrogen and oxygen atoms in total. The van der Waals surface area contributed by atoms with Crippen LogP contribution in [-0.4, -0.2) is 23.9 Å². The SMILES string of the molecule is C[C@@H](NC(=O)C(C)(C)C)C(=O)NC1CC1. The third-order valence-electron chi connectivity index (χ3n) is 2.35. The molecule has 0 heterocycles. The highest BCUT2D eigenvalue weighted by Crippen LogP contribution is 2.18. The summed E-state index contributed by atoms with van der Waals surface area (Å²) < 4.78 is 0. The number of rotatable bonds is 3. The highest BCUT2D eigenvalue weighted by atomic mass is 16.2. The second-order valence-electron chi connectivity index (χ2n) is 5.23. The lowest BCUT2D eigenvalue weighted by molar-refractivity contribution is -0.133. The summed E-state index contributed by atoms with van der Waals surface area (Å²) in [6.45, 7) is 7.19. The molecular formula is C11H20N2O2. The molecule has 0 aromatic carbocycles. The quantitative estimate of drug-likeness (QED) is 0.727. The lowest BCUT2D eigenvalue weighted by Gasteiger charge is -2.21. The van der Waals surface area contributed by atoms with E-state index in [-0.39, 0.29) is 11.8 Å². The van der Waals surface area contributed by atoms with Crippen molar-refractivity contribution in [2.24, 2.45) is 5.41 Å². The van der Waals surface area contributed by atoms with Gasteiger partial charge in [0.15, 0.2) is 0 Å². The molecule has 0 unspecified atom stereocenters. The molecule has 4 heteroatoms. The first kappa shape index (κ1) is 12.0. The van der Waals surface area contributed by atoms with E-state index in [0.29, 0.717) is 6.04 Å². The van der Waals surface area contributed by atoms with Crippen LogP contribution in [0, 0.1) is 5.41 Å². The molecule has 2 N–H and O–H groups in total. The van der Waals surface area contributed by atoms with E-state index in [0.717, 1.165) is 12.8 Å². The van der Waals surface area contributed by atoms with Crippen LogP contribution in [0.25, 0.3) is 0 Å². The van der Waals surface area contributed by atoms with Crippen molar-refractivity contribution >= 4 is 11.8 Å². The van der Waals surface area contributed by atoms with Gasteiger partial charge in [0.25, 0.3) is 0 Å². The van der Waals surface area contributed by atoms with Crippen LogP contribution in [0.5, 0.6) is 0 Å². The topological polar surface area (TPSA) is 58.2 Å². The minimum absolute atomic E-state index is 0.0879. The van der Waals surface area contributed by atoms with Crippen molar-refractivity contribution in [1.29, 1.82) is 0 Å². The fourth-order valence-corrected chi connectivity index (χ4v) is 1.03. The Balaban J connectivity index is 2.36. The molecular weight excluding hydrogens is 192 g/mol. The predicted octanol–water partition coefficient (Wildman–Crippen LogP) is 0.816. The Kier molecular flexibility index (Phi) is 3.37. The van der Waals surface area contributed by atoms with Crippen molar-refractivity contribution < 1.29 is 9.59 Å². The van der Waals surface area contributed by atoms with Gasteiger partial charge in [-0.25, -0.2) is 0 Å². The zero-order chi connectivity index (χ0) is 11.6. The van der Waals surface area contributed by atoms with Crippen molar-refractivity contribution in [3.63, 3.8) is 0 Å². The summed E-state index contributed by atoms with van der Waals surface area (Å²) in [6.07, 6.45) is 2.12. The maximum atomic E-state index is 11.6. The van der Waals surface area contributed by atoms with E-state index in [4.69, 9.17) is 0 Å². The Morgan fingerprint density at radius 3 is 2.20 bits per heavy atom. The van der Waals surface area contributed by atoms with Crippen LogP contribution < -0.4 is 10.6 Å². The van der Waals surface area contributed by atoms with E-state index in [1.165, 1.54) is 0 Å². The number of nitrogens with one attached hydrogen (secondary N) is 2. The number of amides is 2. The van der Waals surface area contributed by atoms with E-state index < -0.39 is 11.5 Å². The zero-order valence-corrected chi connectivity index (χ0v) is 9.89. The molecule has 15 heavy (non-hydrogen) atoms. The second-order valence-corrected chi connectivity index (χ2v) is 5.23. The van der Waals surface area contributed by atoms with Crippen molar-refractivity contribution in [3.05, 3.63) is 0 Å². The van der Waals surface area contributed by atoms with Gasteiger partial charge in [-0.15, -0.1) is 0 Å². The summed E-state index contributed by atoms with van der Waals surface area (Å²) in [5, 5.41) is 5.56. The maximum Gasteiger partial charge on any atom is 0.242 e. The van der Waals surface area contributed by atoms with Gasteiger partial charge in [-0.2, -0.15) is 0 Å². The summed E-state index contributed by atoms with van der Waals surface area (Å²) >= 11 is 0. The first-order valence-corrected chi connectivity index (χ1v) is 5.42.